The zero-order valence-corrected chi connectivity index (χ0v) is 16.1. The maximum Gasteiger partial charge on any atom is 0.216 e. The minimum Gasteiger partial charge on any atom is -0.343 e. The SMILES string of the molecule is CC(C)N(C(=S)/N=c1\snc2n1-c1ccccc1SC2)C(C)C. The number of hydrogen-bond acceptors (Lipinski definition) is 4. The summed E-state index contributed by atoms with van der Waals surface area (Å²) in [6.45, 7) is 8.57. The Morgan fingerprint density at radius 2 is 1.96 bits per heavy atom. The molecule has 3 rings (SSSR count). The number of benzene rings is 1. The summed E-state index contributed by atoms with van der Waals surface area (Å²) in [7, 11) is 0. The molecule has 0 saturated carbocycles. The van der Waals surface area contributed by atoms with Crippen molar-refractivity contribution in [1.82, 2.24) is 13.8 Å². The number of thioether (sulfide) groups is 1. The number of para-hydroxylation sites is 1. The van der Waals surface area contributed by atoms with Crippen LogP contribution in [0.2, 0.25) is 0 Å². The van der Waals surface area contributed by atoms with Gasteiger partial charge in [-0.2, -0.15) is 9.37 Å². The average molecular weight is 365 g/mol. The van der Waals surface area contributed by atoms with E-state index in [0.717, 1.165) is 22.1 Å². The molecule has 0 aliphatic carbocycles. The molecular weight excluding hydrogens is 344 g/mol. The van der Waals surface area contributed by atoms with Crippen molar-refractivity contribution in [3.8, 4) is 5.69 Å². The molecule has 0 unspecified atom stereocenters. The van der Waals surface area contributed by atoms with Crippen molar-refractivity contribution in [1.29, 1.82) is 0 Å². The summed E-state index contributed by atoms with van der Waals surface area (Å²) in [6.07, 6.45) is 0. The summed E-state index contributed by atoms with van der Waals surface area (Å²) in [5.74, 6) is 1.91. The fraction of sp³-hybridized carbons (Fsp3) is 0.438. The Morgan fingerprint density at radius 3 is 2.65 bits per heavy atom. The molecule has 2 heterocycles. The first-order valence-corrected chi connectivity index (χ1v) is 9.82. The Labute approximate surface area is 150 Å². The number of nitrogens with zero attached hydrogens (tertiary/aromatic N) is 4. The van der Waals surface area contributed by atoms with Gasteiger partial charge in [-0.05, 0) is 52.0 Å². The van der Waals surface area contributed by atoms with E-state index >= 15 is 0 Å². The largest absolute Gasteiger partial charge is 0.343 e. The van der Waals surface area contributed by atoms with Gasteiger partial charge in [0.05, 0.1) is 11.4 Å². The summed E-state index contributed by atoms with van der Waals surface area (Å²) in [5, 5.41) is 0.629. The van der Waals surface area contributed by atoms with E-state index in [9.17, 15) is 0 Å². The van der Waals surface area contributed by atoms with E-state index in [1.807, 2.05) is 11.8 Å². The second kappa shape index (κ2) is 6.75. The topological polar surface area (TPSA) is 33.4 Å². The molecule has 122 valence electrons. The van der Waals surface area contributed by atoms with Gasteiger partial charge in [-0.25, -0.2) is 0 Å². The lowest BCUT2D eigenvalue weighted by Gasteiger charge is -2.30. The highest BCUT2D eigenvalue weighted by Crippen LogP contribution is 2.33. The van der Waals surface area contributed by atoms with Gasteiger partial charge in [-0.1, -0.05) is 12.1 Å². The fourth-order valence-corrected chi connectivity index (χ4v) is 5.13. The molecule has 1 aliphatic heterocycles. The second-order valence-corrected chi connectivity index (χ2v) is 8.07. The summed E-state index contributed by atoms with van der Waals surface area (Å²) in [6, 6.07) is 9.02. The van der Waals surface area contributed by atoms with Crippen LogP contribution < -0.4 is 4.80 Å². The van der Waals surface area contributed by atoms with E-state index < -0.39 is 0 Å². The molecule has 1 aliphatic rings. The van der Waals surface area contributed by atoms with Crippen molar-refractivity contribution >= 4 is 40.6 Å². The average Bonchev–Trinajstić information content (AvgIpc) is 2.90. The van der Waals surface area contributed by atoms with E-state index in [4.69, 9.17) is 17.2 Å². The number of rotatable bonds is 2. The monoisotopic (exact) mass is 364 g/mol. The third kappa shape index (κ3) is 3.22. The Balaban J connectivity index is 2.07. The third-order valence-corrected chi connectivity index (χ3v) is 5.77. The normalized spacial score (nSPS) is 14.1. The maximum atomic E-state index is 5.60. The van der Waals surface area contributed by atoms with Crippen LogP contribution in [-0.4, -0.2) is 31.0 Å². The van der Waals surface area contributed by atoms with Gasteiger partial charge in [-0.15, -0.1) is 11.8 Å². The number of aromatic nitrogens is 2. The van der Waals surface area contributed by atoms with Crippen molar-refractivity contribution < 1.29 is 0 Å². The van der Waals surface area contributed by atoms with Crippen LogP contribution in [0.3, 0.4) is 0 Å². The number of fused-ring (bicyclic) bond motifs is 3. The van der Waals surface area contributed by atoms with Crippen LogP contribution in [0.1, 0.15) is 33.5 Å². The zero-order chi connectivity index (χ0) is 16.6. The quantitative estimate of drug-likeness (QED) is 0.758. The third-order valence-electron chi connectivity index (χ3n) is 3.67. The molecule has 0 radical (unpaired) electrons. The van der Waals surface area contributed by atoms with Gasteiger partial charge >= 0.3 is 0 Å². The molecule has 1 aromatic carbocycles. The summed E-state index contributed by atoms with van der Waals surface area (Å²) < 4.78 is 6.71. The molecule has 0 amide bonds. The second-order valence-electron chi connectivity index (χ2n) is 5.96. The van der Waals surface area contributed by atoms with Gasteiger partial charge in [0, 0.05) is 28.5 Å². The molecule has 0 spiro atoms. The van der Waals surface area contributed by atoms with Crippen molar-refractivity contribution in [3.05, 3.63) is 34.9 Å². The highest BCUT2D eigenvalue weighted by molar-refractivity contribution is 7.98. The first kappa shape index (κ1) is 16.7. The van der Waals surface area contributed by atoms with Crippen LogP contribution in [0, 0.1) is 0 Å². The molecule has 0 saturated heterocycles. The first-order chi connectivity index (χ1) is 11.0. The van der Waals surface area contributed by atoms with Crippen LogP contribution in [-0.2, 0) is 5.75 Å². The zero-order valence-electron chi connectivity index (χ0n) is 13.7. The molecular formula is C16H20N4S3. The van der Waals surface area contributed by atoms with Gasteiger partial charge < -0.3 is 4.90 Å². The molecule has 2 aromatic rings. The molecule has 0 N–H and O–H groups in total. The van der Waals surface area contributed by atoms with Gasteiger partial charge in [0.15, 0.2) is 5.11 Å². The van der Waals surface area contributed by atoms with Crippen molar-refractivity contribution in [2.24, 2.45) is 4.99 Å². The number of thiocarbonyl (C=S) groups is 1. The predicted molar refractivity (Wildman–Crippen MR) is 101 cm³/mol. The Kier molecular flexibility index (Phi) is 4.89. The lowest BCUT2D eigenvalue weighted by atomic mass is 10.2. The highest BCUT2D eigenvalue weighted by atomic mass is 32.2. The maximum absolute atomic E-state index is 5.60. The molecule has 0 bridgehead atoms. The first-order valence-electron chi connectivity index (χ1n) is 7.66. The molecule has 4 nitrogen and oxygen atoms in total. The number of hydrogen-bond donors (Lipinski definition) is 0. The van der Waals surface area contributed by atoms with Crippen molar-refractivity contribution in [2.75, 3.05) is 0 Å². The van der Waals surface area contributed by atoms with Gasteiger partial charge in [0.1, 0.15) is 5.82 Å². The van der Waals surface area contributed by atoms with Crippen LogP contribution >= 0.6 is 35.5 Å². The molecule has 7 heteroatoms. The summed E-state index contributed by atoms with van der Waals surface area (Å²) >= 11 is 8.83. The van der Waals surface area contributed by atoms with Gasteiger partial charge in [0.2, 0.25) is 4.80 Å². The molecule has 0 atom stereocenters. The van der Waals surface area contributed by atoms with Crippen molar-refractivity contribution in [3.63, 3.8) is 0 Å². The van der Waals surface area contributed by atoms with E-state index in [1.165, 1.54) is 16.4 Å². The minimum absolute atomic E-state index is 0.322. The lowest BCUT2D eigenvalue weighted by Crippen LogP contribution is -2.41. The van der Waals surface area contributed by atoms with E-state index in [-0.39, 0.29) is 0 Å². The van der Waals surface area contributed by atoms with Crippen LogP contribution in [0.25, 0.3) is 5.69 Å². The summed E-state index contributed by atoms with van der Waals surface area (Å²) in [5.41, 5.74) is 1.15. The van der Waals surface area contributed by atoms with Crippen LogP contribution in [0.15, 0.2) is 34.2 Å². The Bertz CT molecular complexity index is 781. The van der Waals surface area contributed by atoms with Crippen molar-refractivity contribution in [2.45, 2.75) is 50.4 Å². The van der Waals surface area contributed by atoms with Crippen LogP contribution in [0.4, 0.5) is 0 Å². The Morgan fingerprint density at radius 1 is 1.26 bits per heavy atom. The predicted octanol–water partition coefficient (Wildman–Crippen LogP) is 3.84. The Hall–Kier alpha value is -1.18. The lowest BCUT2D eigenvalue weighted by molar-refractivity contribution is 0.294. The highest BCUT2D eigenvalue weighted by Gasteiger charge is 2.21. The van der Waals surface area contributed by atoms with E-state index in [2.05, 4.69) is 65.8 Å². The molecule has 1 aromatic heterocycles. The minimum atomic E-state index is 0.322. The van der Waals surface area contributed by atoms with Crippen LogP contribution in [0.5, 0.6) is 0 Å². The fourth-order valence-electron chi connectivity index (χ4n) is 2.77. The van der Waals surface area contributed by atoms with E-state index in [1.54, 1.807) is 0 Å². The van der Waals surface area contributed by atoms with Gasteiger partial charge in [-0.3, -0.25) is 4.57 Å². The molecule has 0 fully saturated rings. The molecule has 23 heavy (non-hydrogen) atoms. The summed E-state index contributed by atoms with van der Waals surface area (Å²) in [4.78, 5) is 9.01. The van der Waals surface area contributed by atoms with Gasteiger partial charge in [0.25, 0.3) is 0 Å². The van der Waals surface area contributed by atoms with E-state index in [0.29, 0.717) is 17.2 Å². The smallest absolute Gasteiger partial charge is 0.216 e. The standard InChI is InChI=1S/C16H20N4S3/c1-10(2)19(11(3)4)15(21)17-16-20-12-7-5-6-8-13(12)22-9-14(20)18-23-16/h5-8,10-11H,9H2,1-4H3/b17-16-.